The maximum atomic E-state index is 12.6. The van der Waals surface area contributed by atoms with Crippen LogP contribution in [-0.4, -0.2) is 27.8 Å². The molecule has 3 rings (SSSR count). The van der Waals surface area contributed by atoms with Crippen molar-refractivity contribution in [3.05, 3.63) is 70.1 Å². The summed E-state index contributed by atoms with van der Waals surface area (Å²) in [7, 11) is 1.46. The number of anilines is 1. The molecule has 0 aliphatic heterocycles. The number of rotatable bonds is 4. The Morgan fingerprint density at radius 1 is 1.07 bits per heavy atom. The molecule has 7 nitrogen and oxygen atoms in total. The van der Waals surface area contributed by atoms with E-state index in [0.29, 0.717) is 16.5 Å². The maximum absolute atomic E-state index is 12.6. The minimum Gasteiger partial charge on any atom is -0.448 e. The molecular weight excluding hydrogens is 346 g/mol. The van der Waals surface area contributed by atoms with Crippen molar-refractivity contribution in [3.63, 3.8) is 0 Å². The Bertz CT molecular complexity index is 1090. The average Bonchev–Trinajstić information content (AvgIpc) is 2.66. The van der Waals surface area contributed by atoms with Gasteiger partial charge >= 0.3 is 5.97 Å². The number of hydrogen-bond donors (Lipinski definition) is 1. The van der Waals surface area contributed by atoms with Gasteiger partial charge in [0.15, 0.2) is 11.8 Å². The van der Waals surface area contributed by atoms with Crippen molar-refractivity contribution in [2.45, 2.75) is 20.0 Å². The zero-order valence-corrected chi connectivity index (χ0v) is 15.2. The Balaban J connectivity index is 1.82. The maximum Gasteiger partial charge on any atom is 0.360 e. The number of aryl methyl sites for hydroxylation is 2. The first-order valence-electron chi connectivity index (χ1n) is 8.42. The normalized spacial score (nSPS) is 11.8. The molecule has 1 N–H and O–H groups in total. The summed E-state index contributed by atoms with van der Waals surface area (Å²) < 4.78 is 6.36. The Hall–Kier alpha value is -3.48. The highest BCUT2D eigenvalue weighted by Crippen LogP contribution is 2.16. The molecule has 0 saturated carbocycles. The van der Waals surface area contributed by atoms with Crippen molar-refractivity contribution in [1.82, 2.24) is 9.78 Å². The van der Waals surface area contributed by atoms with E-state index in [9.17, 15) is 14.4 Å². The van der Waals surface area contributed by atoms with E-state index in [1.807, 2.05) is 19.1 Å². The Labute approximate surface area is 155 Å². The first-order valence-corrected chi connectivity index (χ1v) is 8.42. The monoisotopic (exact) mass is 365 g/mol. The van der Waals surface area contributed by atoms with Crippen LogP contribution in [-0.2, 0) is 16.6 Å². The molecule has 0 radical (unpaired) electrons. The average molecular weight is 365 g/mol. The number of nitrogens with zero attached hydrogens (tertiary/aromatic N) is 2. The molecule has 1 amide bonds. The van der Waals surface area contributed by atoms with E-state index in [1.165, 1.54) is 14.0 Å². The van der Waals surface area contributed by atoms with Crippen molar-refractivity contribution >= 4 is 28.3 Å². The SMILES string of the molecule is Cc1ccccc1NC(=O)[C@@H](C)OC(=O)c1nn(C)c(=O)c2ccccc12. The first-order chi connectivity index (χ1) is 12.9. The molecule has 0 unspecified atom stereocenters. The number of aromatic nitrogens is 2. The number of benzene rings is 2. The van der Waals surface area contributed by atoms with Crippen LogP contribution >= 0.6 is 0 Å². The third kappa shape index (κ3) is 3.72. The van der Waals surface area contributed by atoms with E-state index in [0.717, 1.165) is 10.2 Å². The summed E-state index contributed by atoms with van der Waals surface area (Å²) in [4.78, 5) is 37.1. The third-order valence-corrected chi connectivity index (χ3v) is 4.21. The first kappa shape index (κ1) is 18.3. The van der Waals surface area contributed by atoms with Gasteiger partial charge in [0.05, 0.1) is 5.39 Å². The van der Waals surface area contributed by atoms with Crippen LogP contribution < -0.4 is 10.9 Å². The van der Waals surface area contributed by atoms with E-state index in [-0.39, 0.29) is 11.3 Å². The van der Waals surface area contributed by atoms with Gasteiger partial charge in [0, 0.05) is 18.1 Å². The fourth-order valence-corrected chi connectivity index (χ4v) is 2.67. The van der Waals surface area contributed by atoms with Crippen LogP contribution in [0.4, 0.5) is 5.69 Å². The number of nitrogens with one attached hydrogen (secondary N) is 1. The summed E-state index contributed by atoms with van der Waals surface area (Å²) >= 11 is 0. The molecule has 7 heteroatoms. The fourth-order valence-electron chi connectivity index (χ4n) is 2.67. The standard InChI is InChI=1S/C20H19N3O4/c1-12-8-4-7-11-16(12)21-18(24)13(2)27-20(26)17-14-9-5-6-10-15(14)19(25)23(3)22-17/h4-11,13H,1-3H3,(H,21,24)/t13-/m1/s1. The lowest BCUT2D eigenvalue weighted by atomic mass is 10.1. The summed E-state index contributed by atoms with van der Waals surface area (Å²) in [6, 6.07) is 14.0. The van der Waals surface area contributed by atoms with Gasteiger partial charge in [-0.3, -0.25) is 9.59 Å². The summed E-state index contributed by atoms with van der Waals surface area (Å²) in [5.41, 5.74) is 1.22. The summed E-state index contributed by atoms with van der Waals surface area (Å²) in [5, 5.41) is 7.49. The van der Waals surface area contributed by atoms with E-state index in [1.54, 1.807) is 36.4 Å². The van der Waals surface area contributed by atoms with Gasteiger partial charge in [-0.05, 0) is 31.5 Å². The molecule has 27 heavy (non-hydrogen) atoms. The number of para-hydroxylation sites is 1. The van der Waals surface area contributed by atoms with E-state index in [2.05, 4.69) is 10.4 Å². The number of carbonyl (C=O) groups is 2. The predicted octanol–water partition coefficient (Wildman–Crippen LogP) is 2.43. The van der Waals surface area contributed by atoms with Crippen LogP contribution in [0.3, 0.4) is 0 Å². The van der Waals surface area contributed by atoms with Crippen LogP contribution in [0, 0.1) is 6.92 Å². The number of esters is 1. The van der Waals surface area contributed by atoms with Gasteiger partial charge in [0.25, 0.3) is 11.5 Å². The molecule has 138 valence electrons. The molecule has 3 aromatic rings. The molecule has 0 aliphatic rings. The molecule has 0 saturated heterocycles. The number of ether oxygens (including phenoxy) is 1. The van der Waals surface area contributed by atoms with Crippen molar-refractivity contribution in [2.75, 3.05) is 5.32 Å². The lowest BCUT2D eigenvalue weighted by molar-refractivity contribution is -0.123. The number of fused-ring (bicyclic) bond motifs is 1. The number of amides is 1. The van der Waals surface area contributed by atoms with Gasteiger partial charge < -0.3 is 10.1 Å². The third-order valence-electron chi connectivity index (χ3n) is 4.21. The number of hydrogen-bond acceptors (Lipinski definition) is 5. The Morgan fingerprint density at radius 3 is 2.41 bits per heavy atom. The van der Waals surface area contributed by atoms with Crippen LogP contribution in [0.25, 0.3) is 10.8 Å². The second kappa shape index (κ2) is 7.41. The molecular formula is C20H19N3O4. The highest BCUT2D eigenvalue weighted by atomic mass is 16.5. The fraction of sp³-hybridized carbons (Fsp3) is 0.200. The predicted molar refractivity (Wildman–Crippen MR) is 102 cm³/mol. The largest absolute Gasteiger partial charge is 0.448 e. The Kier molecular flexibility index (Phi) is 5.03. The van der Waals surface area contributed by atoms with Crippen LogP contribution in [0.1, 0.15) is 23.0 Å². The minimum atomic E-state index is -1.03. The van der Waals surface area contributed by atoms with E-state index in [4.69, 9.17) is 4.74 Å². The molecule has 0 aliphatic carbocycles. The molecule has 0 bridgehead atoms. The zero-order chi connectivity index (χ0) is 19.6. The number of carbonyl (C=O) groups excluding carboxylic acids is 2. The summed E-state index contributed by atoms with van der Waals surface area (Å²) in [6.45, 7) is 3.35. The summed E-state index contributed by atoms with van der Waals surface area (Å²) in [5.74, 6) is -1.22. The van der Waals surface area contributed by atoms with Crippen molar-refractivity contribution < 1.29 is 14.3 Å². The van der Waals surface area contributed by atoms with Gasteiger partial charge in [-0.15, -0.1) is 0 Å². The molecule has 1 heterocycles. The van der Waals surface area contributed by atoms with Crippen molar-refractivity contribution in [1.29, 1.82) is 0 Å². The van der Waals surface area contributed by atoms with Crippen molar-refractivity contribution in [2.24, 2.45) is 7.05 Å². The molecule has 1 atom stereocenters. The van der Waals surface area contributed by atoms with Crippen LogP contribution in [0.2, 0.25) is 0 Å². The molecule has 1 aromatic heterocycles. The minimum absolute atomic E-state index is 0.0109. The Morgan fingerprint density at radius 2 is 1.70 bits per heavy atom. The van der Waals surface area contributed by atoms with Crippen LogP contribution in [0.5, 0.6) is 0 Å². The second-order valence-electron chi connectivity index (χ2n) is 6.17. The molecule has 0 fully saturated rings. The lowest BCUT2D eigenvalue weighted by Crippen LogP contribution is -2.31. The highest BCUT2D eigenvalue weighted by molar-refractivity contribution is 6.03. The van der Waals surface area contributed by atoms with Gasteiger partial charge in [-0.1, -0.05) is 36.4 Å². The topological polar surface area (TPSA) is 90.3 Å². The lowest BCUT2D eigenvalue weighted by Gasteiger charge is -2.15. The smallest absolute Gasteiger partial charge is 0.360 e. The molecule has 2 aromatic carbocycles. The van der Waals surface area contributed by atoms with Gasteiger partial charge in [0.2, 0.25) is 0 Å². The van der Waals surface area contributed by atoms with E-state index >= 15 is 0 Å². The summed E-state index contributed by atoms with van der Waals surface area (Å²) in [6.07, 6.45) is -1.03. The van der Waals surface area contributed by atoms with Crippen molar-refractivity contribution in [3.8, 4) is 0 Å². The zero-order valence-electron chi connectivity index (χ0n) is 15.2. The molecule has 0 spiro atoms. The van der Waals surface area contributed by atoms with E-state index < -0.39 is 18.0 Å². The van der Waals surface area contributed by atoms with Crippen LogP contribution in [0.15, 0.2) is 53.3 Å². The van der Waals surface area contributed by atoms with Gasteiger partial charge in [-0.25, -0.2) is 9.48 Å². The quantitative estimate of drug-likeness (QED) is 0.717. The van der Waals surface area contributed by atoms with Gasteiger partial charge in [0.1, 0.15) is 0 Å². The second-order valence-corrected chi connectivity index (χ2v) is 6.17. The highest BCUT2D eigenvalue weighted by Gasteiger charge is 2.23. The van der Waals surface area contributed by atoms with Gasteiger partial charge in [-0.2, -0.15) is 5.10 Å².